The number of benzene rings is 1. The molecule has 0 radical (unpaired) electrons. The first kappa shape index (κ1) is 20.6. The summed E-state index contributed by atoms with van der Waals surface area (Å²) in [5.41, 5.74) is 3.42. The van der Waals surface area contributed by atoms with Gasteiger partial charge in [0.25, 0.3) is 0 Å². The number of guanidine groups is 1. The average molecular weight is 403 g/mol. The molecule has 0 saturated carbocycles. The number of thiazole rings is 1. The third-order valence-electron chi connectivity index (χ3n) is 4.68. The molecule has 1 fully saturated rings. The fourth-order valence-corrected chi connectivity index (χ4v) is 3.78. The number of aliphatic imine (C=N–C) groups is 1. The molecular weight excluding hydrogens is 372 g/mol. The predicted molar refractivity (Wildman–Crippen MR) is 114 cm³/mol. The van der Waals surface area contributed by atoms with E-state index in [1.165, 1.54) is 5.56 Å². The van der Waals surface area contributed by atoms with Gasteiger partial charge in [-0.15, -0.1) is 11.3 Å². The van der Waals surface area contributed by atoms with Crippen LogP contribution in [0.2, 0.25) is 0 Å². The molecule has 28 heavy (non-hydrogen) atoms. The highest BCUT2D eigenvalue weighted by molar-refractivity contribution is 7.09. The molecule has 3 rings (SSSR count). The van der Waals surface area contributed by atoms with E-state index >= 15 is 0 Å². The van der Waals surface area contributed by atoms with Crippen molar-refractivity contribution < 1.29 is 9.47 Å². The summed E-state index contributed by atoms with van der Waals surface area (Å²) < 4.78 is 11.7. The number of aryl methyl sites for hydroxylation is 2. The van der Waals surface area contributed by atoms with Gasteiger partial charge in [0.15, 0.2) is 5.96 Å². The first-order valence-electron chi connectivity index (χ1n) is 9.83. The Labute approximate surface area is 171 Å². The van der Waals surface area contributed by atoms with Gasteiger partial charge in [-0.1, -0.05) is 12.1 Å². The summed E-state index contributed by atoms with van der Waals surface area (Å²) in [4.78, 5) is 8.80. The summed E-state index contributed by atoms with van der Waals surface area (Å²) in [7, 11) is 1.78. The number of ether oxygens (including phenoxy) is 2. The summed E-state index contributed by atoms with van der Waals surface area (Å²) in [6, 6.07) is 6.31. The van der Waals surface area contributed by atoms with E-state index in [2.05, 4.69) is 51.1 Å². The van der Waals surface area contributed by atoms with Gasteiger partial charge in [-0.25, -0.2) is 4.98 Å². The third kappa shape index (κ3) is 6.21. The summed E-state index contributed by atoms with van der Waals surface area (Å²) >= 11 is 1.69. The minimum Gasteiger partial charge on any atom is -0.491 e. The van der Waals surface area contributed by atoms with Crippen LogP contribution in [0, 0.1) is 13.8 Å². The van der Waals surface area contributed by atoms with Crippen LogP contribution >= 0.6 is 11.3 Å². The molecule has 7 heteroatoms. The van der Waals surface area contributed by atoms with Gasteiger partial charge in [-0.2, -0.15) is 0 Å². The maximum Gasteiger partial charge on any atom is 0.191 e. The van der Waals surface area contributed by atoms with Crippen LogP contribution < -0.4 is 15.4 Å². The Bertz CT molecular complexity index is 784. The van der Waals surface area contributed by atoms with Gasteiger partial charge in [0, 0.05) is 44.1 Å². The highest BCUT2D eigenvalue weighted by Gasteiger charge is 2.17. The topological polar surface area (TPSA) is 67.8 Å². The lowest BCUT2D eigenvalue weighted by Gasteiger charge is -2.17. The lowest BCUT2D eigenvalue weighted by molar-refractivity contribution is 0.0676. The molecule has 0 bridgehead atoms. The minimum absolute atomic E-state index is 0.213. The van der Waals surface area contributed by atoms with Crippen LogP contribution in [0.15, 0.2) is 28.6 Å². The Balaban J connectivity index is 1.50. The highest BCUT2D eigenvalue weighted by Crippen LogP contribution is 2.22. The number of hydrogen-bond acceptors (Lipinski definition) is 5. The maximum absolute atomic E-state index is 6.08. The van der Waals surface area contributed by atoms with Crippen molar-refractivity contribution in [3.63, 3.8) is 0 Å². The van der Waals surface area contributed by atoms with Crippen LogP contribution in [-0.4, -0.2) is 43.9 Å². The Hall–Kier alpha value is -2.12. The number of nitrogens with one attached hydrogen (secondary N) is 2. The summed E-state index contributed by atoms with van der Waals surface area (Å²) in [6.07, 6.45) is 3.29. The molecule has 1 saturated heterocycles. The average Bonchev–Trinajstić information content (AvgIpc) is 3.35. The van der Waals surface area contributed by atoms with E-state index in [-0.39, 0.29) is 6.10 Å². The molecule has 1 aromatic heterocycles. The second-order valence-electron chi connectivity index (χ2n) is 7.02. The normalized spacial score (nSPS) is 17.0. The van der Waals surface area contributed by atoms with Crippen LogP contribution in [0.5, 0.6) is 5.75 Å². The Morgan fingerprint density at radius 1 is 1.36 bits per heavy atom. The monoisotopic (exact) mass is 402 g/mol. The van der Waals surface area contributed by atoms with E-state index in [0.29, 0.717) is 13.2 Å². The second-order valence-corrected chi connectivity index (χ2v) is 8.08. The number of rotatable bonds is 8. The first-order valence-corrected chi connectivity index (χ1v) is 10.7. The molecule has 0 aliphatic carbocycles. The van der Waals surface area contributed by atoms with E-state index in [1.54, 1.807) is 18.4 Å². The number of aromatic nitrogens is 1. The molecule has 1 aliphatic rings. The summed E-state index contributed by atoms with van der Waals surface area (Å²) in [6.45, 7) is 7.00. The smallest absolute Gasteiger partial charge is 0.191 e. The van der Waals surface area contributed by atoms with Crippen molar-refractivity contribution in [2.75, 3.05) is 26.8 Å². The molecule has 1 atom stereocenters. The molecule has 6 nitrogen and oxygen atoms in total. The van der Waals surface area contributed by atoms with Crippen molar-refractivity contribution in [3.8, 4) is 5.75 Å². The zero-order valence-electron chi connectivity index (χ0n) is 17.0. The Morgan fingerprint density at radius 2 is 2.25 bits per heavy atom. The Morgan fingerprint density at radius 3 is 2.96 bits per heavy atom. The van der Waals surface area contributed by atoms with Crippen LogP contribution in [0.3, 0.4) is 0 Å². The van der Waals surface area contributed by atoms with Gasteiger partial charge in [-0.05, 0) is 38.3 Å². The largest absolute Gasteiger partial charge is 0.491 e. The van der Waals surface area contributed by atoms with Crippen molar-refractivity contribution in [2.45, 2.75) is 45.8 Å². The Kier molecular flexibility index (Phi) is 7.68. The molecule has 1 aliphatic heterocycles. The molecule has 2 heterocycles. The predicted octanol–water partition coefficient (Wildman–Crippen LogP) is 3.23. The van der Waals surface area contributed by atoms with Gasteiger partial charge in [0.2, 0.25) is 0 Å². The standard InChI is InChI=1S/C21H30N4O2S/c1-15-6-7-17(20(11-15)27-13-19-5-4-10-26-19)12-24-21(22-3)23-9-8-18-14-28-16(2)25-18/h6-7,11,14,19H,4-5,8-10,12-13H2,1-3H3,(H2,22,23,24). The molecule has 0 spiro atoms. The van der Waals surface area contributed by atoms with Crippen molar-refractivity contribution >= 4 is 17.3 Å². The molecule has 2 aromatic rings. The molecular formula is C21H30N4O2S. The van der Waals surface area contributed by atoms with Gasteiger partial charge >= 0.3 is 0 Å². The molecule has 1 aromatic carbocycles. The molecule has 152 valence electrons. The summed E-state index contributed by atoms with van der Waals surface area (Å²) in [5, 5.41) is 9.93. The van der Waals surface area contributed by atoms with Gasteiger partial charge in [0.05, 0.1) is 16.8 Å². The SMILES string of the molecule is CN=C(NCCc1csc(C)n1)NCc1ccc(C)cc1OCC1CCCO1. The van der Waals surface area contributed by atoms with E-state index in [1.807, 2.05) is 6.92 Å². The first-order chi connectivity index (χ1) is 13.6. The maximum atomic E-state index is 6.08. The lowest BCUT2D eigenvalue weighted by atomic mass is 10.1. The minimum atomic E-state index is 0.213. The zero-order valence-corrected chi connectivity index (χ0v) is 17.8. The fraction of sp³-hybridized carbons (Fsp3) is 0.524. The second kappa shape index (κ2) is 10.4. The van der Waals surface area contributed by atoms with Crippen LogP contribution in [0.25, 0.3) is 0 Å². The van der Waals surface area contributed by atoms with Gasteiger partial charge in [-0.3, -0.25) is 4.99 Å². The molecule has 2 N–H and O–H groups in total. The molecule has 1 unspecified atom stereocenters. The van der Waals surface area contributed by atoms with E-state index in [4.69, 9.17) is 9.47 Å². The van der Waals surface area contributed by atoms with E-state index < -0.39 is 0 Å². The lowest BCUT2D eigenvalue weighted by Crippen LogP contribution is -2.38. The van der Waals surface area contributed by atoms with Gasteiger partial charge < -0.3 is 20.1 Å². The van der Waals surface area contributed by atoms with Gasteiger partial charge in [0.1, 0.15) is 12.4 Å². The third-order valence-corrected chi connectivity index (χ3v) is 5.50. The van der Waals surface area contributed by atoms with E-state index in [9.17, 15) is 0 Å². The number of nitrogens with zero attached hydrogens (tertiary/aromatic N) is 2. The van der Waals surface area contributed by atoms with Crippen LogP contribution in [0.1, 0.15) is 34.7 Å². The summed E-state index contributed by atoms with van der Waals surface area (Å²) in [5.74, 6) is 1.69. The quantitative estimate of drug-likeness (QED) is 0.524. The van der Waals surface area contributed by atoms with Crippen molar-refractivity contribution in [1.82, 2.24) is 15.6 Å². The number of hydrogen-bond donors (Lipinski definition) is 2. The van der Waals surface area contributed by atoms with Crippen LogP contribution in [0.4, 0.5) is 0 Å². The zero-order chi connectivity index (χ0) is 19.8. The molecule has 0 amide bonds. The van der Waals surface area contributed by atoms with Crippen molar-refractivity contribution in [2.24, 2.45) is 4.99 Å². The van der Waals surface area contributed by atoms with Crippen LogP contribution in [-0.2, 0) is 17.7 Å². The van der Waals surface area contributed by atoms with Crippen molar-refractivity contribution in [1.29, 1.82) is 0 Å². The fourth-order valence-electron chi connectivity index (χ4n) is 3.13. The van der Waals surface area contributed by atoms with Crippen molar-refractivity contribution in [3.05, 3.63) is 45.4 Å². The highest BCUT2D eigenvalue weighted by atomic mass is 32.1. The van der Waals surface area contributed by atoms with E-state index in [0.717, 1.165) is 60.4 Å².